The molecule has 1 N–H and O–H groups in total. The summed E-state index contributed by atoms with van der Waals surface area (Å²) in [4.78, 5) is 16.8. The molecular formula is C22H25N5O2. The van der Waals surface area contributed by atoms with Gasteiger partial charge in [-0.2, -0.15) is 10.4 Å². The molecule has 3 aromatic rings. The van der Waals surface area contributed by atoms with E-state index in [1.54, 1.807) is 4.52 Å². The van der Waals surface area contributed by atoms with Crippen molar-refractivity contribution in [2.24, 2.45) is 0 Å². The minimum atomic E-state index is -0.0135. The minimum Gasteiger partial charge on any atom is -0.377 e. The largest absolute Gasteiger partial charge is 0.377 e. The van der Waals surface area contributed by atoms with Gasteiger partial charge in [-0.3, -0.25) is 4.79 Å². The molecule has 1 amide bonds. The zero-order chi connectivity index (χ0) is 20.8. The van der Waals surface area contributed by atoms with Crippen LogP contribution < -0.4 is 5.32 Å². The van der Waals surface area contributed by atoms with Crippen LogP contribution in [0.1, 0.15) is 47.0 Å². The van der Waals surface area contributed by atoms with Crippen molar-refractivity contribution in [2.75, 3.05) is 6.61 Å². The van der Waals surface area contributed by atoms with Gasteiger partial charge < -0.3 is 10.1 Å². The Morgan fingerprint density at radius 2 is 1.97 bits per heavy atom. The Labute approximate surface area is 170 Å². The summed E-state index contributed by atoms with van der Waals surface area (Å²) >= 11 is 0. The van der Waals surface area contributed by atoms with Crippen molar-refractivity contribution in [2.45, 2.75) is 46.8 Å². The van der Waals surface area contributed by atoms with Gasteiger partial charge in [0.1, 0.15) is 11.6 Å². The number of nitriles is 1. The quantitative estimate of drug-likeness (QED) is 0.637. The van der Waals surface area contributed by atoms with Gasteiger partial charge in [-0.25, -0.2) is 9.50 Å². The van der Waals surface area contributed by atoms with Gasteiger partial charge in [-0.1, -0.05) is 24.3 Å². The number of benzene rings is 1. The fourth-order valence-corrected chi connectivity index (χ4v) is 3.25. The predicted molar refractivity (Wildman–Crippen MR) is 109 cm³/mol. The van der Waals surface area contributed by atoms with Gasteiger partial charge >= 0.3 is 0 Å². The standard InChI is InChI=1S/C22H25N5O2/c1-4-29-14-18-7-5-17(6-8-18)12-24-21(28)10-9-20-15(2)26-22-19(11-23)13-25-27(22)16(20)3/h5-8,13H,4,9-10,12,14H2,1-3H3,(H,24,28). The van der Waals surface area contributed by atoms with Crippen LogP contribution in [0, 0.1) is 25.2 Å². The van der Waals surface area contributed by atoms with Crippen LogP contribution in [0.25, 0.3) is 5.65 Å². The highest BCUT2D eigenvalue weighted by Crippen LogP contribution is 2.18. The van der Waals surface area contributed by atoms with Crippen molar-refractivity contribution in [1.29, 1.82) is 5.26 Å². The smallest absolute Gasteiger partial charge is 0.220 e. The number of aromatic nitrogens is 3. The monoisotopic (exact) mass is 391 g/mol. The fourth-order valence-electron chi connectivity index (χ4n) is 3.25. The van der Waals surface area contributed by atoms with E-state index >= 15 is 0 Å². The van der Waals surface area contributed by atoms with Gasteiger partial charge in [-0.05, 0) is 43.9 Å². The summed E-state index contributed by atoms with van der Waals surface area (Å²) in [6, 6.07) is 10.1. The van der Waals surface area contributed by atoms with Crippen LogP contribution in [0.5, 0.6) is 0 Å². The molecule has 0 fully saturated rings. The number of hydrogen-bond acceptors (Lipinski definition) is 5. The molecule has 0 aliphatic carbocycles. The number of aryl methyl sites for hydroxylation is 2. The highest BCUT2D eigenvalue weighted by Gasteiger charge is 2.14. The molecule has 0 saturated carbocycles. The molecule has 0 spiro atoms. The highest BCUT2D eigenvalue weighted by atomic mass is 16.5. The molecule has 0 aliphatic heterocycles. The van der Waals surface area contributed by atoms with Gasteiger partial charge in [0.05, 0.1) is 12.8 Å². The van der Waals surface area contributed by atoms with Gasteiger partial charge in [0.15, 0.2) is 5.65 Å². The highest BCUT2D eigenvalue weighted by molar-refractivity contribution is 5.76. The first kappa shape index (κ1) is 20.5. The van der Waals surface area contributed by atoms with Crippen molar-refractivity contribution in [3.8, 4) is 6.07 Å². The van der Waals surface area contributed by atoms with Crippen molar-refractivity contribution in [3.63, 3.8) is 0 Å². The van der Waals surface area contributed by atoms with E-state index in [0.29, 0.717) is 43.8 Å². The lowest BCUT2D eigenvalue weighted by Gasteiger charge is -2.11. The predicted octanol–water partition coefficient (Wildman–Crippen LogP) is 3.00. The Morgan fingerprint density at radius 3 is 2.66 bits per heavy atom. The third kappa shape index (κ3) is 4.79. The molecule has 0 unspecified atom stereocenters. The fraction of sp³-hybridized carbons (Fsp3) is 0.364. The molecule has 2 heterocycles. The van der Waals surface area contributed by atoms with Gasteiger partial charge in [0.2, 0.25) is 5.91 Å². The van der Waals surface area contributed by atoms with Gasteiger partial charge in [0, 0.05) is 31.0 Å². The Kier molecular flexibility index (Phi) is 6.57. The van der Waals surface area contributed by atoms with Crippen LogP contribution in [0.2, 0.25) is 0 Å². The van der Waals surface area contributed by atoms with Crippen LogP contribution in [-0.2, 0) is 29.1 Å². The zero-order valence-corrected chi connectivity index (χ0v) is 17.0. The first-order valence-corrected chi connectivity index (χ1v) is 9.69. The summed E-state index contributed by atoms with van der Waals surface area (Å²) in [5.74, 6) is -0.0135. The lowest BCUT2D eigenvalue weighted by atomic mass is 10.1. The van der Waals surface area contributed by atoms with E-state index in [1.807, 2.05) is 45.0 Å². The molecule has 7 nitrogen and oxygen atoms in total. The normalized spacial score (nSPS) is 10.8. The molecule has 3 rings (SSSR count). The third-order valence-electron chi connectivity index (χ3n) is 4.92. The number of hydrogen-bond donors (Lipinski definition) is 1. The van der Waals surface area contributed by atoms with Crippen molar-refractivity contribution < 1.29 is 9.53 Å². The zero-order valence-electron chi connectivity index (χ0n) is 17.0. The Balaban J connectivity index is 1.57. The second-order valence-corrected chi connectivity index (χ2v) is 6.90. The molecular weight excluding hydrogens is 366 g/mol. The van der Waals surface area contributed by atoms with E-state index in [0.717, 1.165) is 28.1 Å². The number of carbonyl (C=O) groups is 1. The van der Waals surface area contributed by atoms with Crippen LogP contribution in [0.3, 0.4) is 0 Å². The molecule has 2 aromatic heterocycles. The molecule has 0 aliphatic rings. The van der Waals surface area contributed by atoms with Crippen LogP contribution >= 0.6 is 0 Å². The number of nitrogens with one attached hydrogen (secondary N) is 1. The molecule has 150 valence electrons. The van der Waals surface area contributed by atoms with Crippen LogP contribution in [0.4, 0.5) is 0 Å². The molecule has 7 heteroatoms. The van der Waals surface area contributed by atoms with Crippen molar-refractivity contribution in [1.82, 2.24) is 19.9 Å². The summed E-state index contributed by atoms with van der Waals surface area (Å²) in [5.41, 5.74) is 5.90. The second-order valence-electron chi connectivity index (χ2n) is 6.90. The van der Waals surface area contributed by atoms with Crippen molar-refractivity contribution in [3.05, 3.63) is 64.1 Å². The summed E-state index contributed by atoms with van der Waals surface area (Å²) in [6.07, 6.45) is 2.45. The second kappa shape index (κ2) is 9.30. The van der Waals surface area contributed by atoms with E-state index in [9.17, 15) is 4.79 Å². The average Bonchev–Trinajstić information content (AvgIpc) is 3.14. The minimum absolute atomic E-state index is 0.0135. The molecule has 0 saturated heterocycles. The average molecular weight is 391 g/mol. The van der Waals surface area contributed by atoms with E-state index in [1.165, 1.54) is 6.20 Å². The number of nitrogens with zero attached hydrogens (tertiary/aromatic N) is 4. The first-order chi connectivity index (χ1) is 14.0. The maximum Gasteiger partial charge on any atom is 0.220 e. The number of amides is 1. The van der Waals surface area contributed by atoms with Gasteiger partial charge in [-0.15, -0.1) is 0 Å². The van der Waals surface area contributed by atoms with E-state index < -0.39 is 0 Å². The molecule has 29 heavy (non-hydrogen) atoms. The lowest BCUT2D eigenvalue weighted by molar-refractivity contribution is -0.121. The number of fused-ring (bicyclic) bond motifs is 1. The Hall–Kier alpha value is -3.24. The lowest BCUT2D eigenvalue weighted by Crippen LogP contribution is -2.23. The first-order valence-electron chi connectivity index (χ1n) is 9.69. The SMILES string of the molecule is CCOCc1ccc(CNC(=O)CCc2c(C)nc3c(C#N)cnn3c2C)cc1. The molecule has 0 atom stereocenters. The third-order valence-corrected chi connectivity index (χ3v) is 4.92. The topological polar surface area (TPSA) is 92.3 Å². The molecule has 1 aromatic carbocycles. The number of ether oxygens (including phenoxy) is 1. The maximum atomic E-state index is 12.3. The van der Waals surface area contributed by atoms with Crippen LogP contribution in [-0.4, -0.2) is 27.1 Å². The number of rotatable bonds is 8. The number of carbonyl (C=O) groups excluding carboxylic acids is 1. The van der Waals surface area contributed by atoms with Crippen molar-refractivity contribution >= 4 is 11.6 Å². The van der Waals surface area contributed by atoms with Gasteiger partial charge in [0.25, 0.3) is 0 Å². The van der Waals surface area contributed by atoms with E-state index in [-0.39, 0.29) is 5.91 Å². The molecule has 0 bridgehead atoms. The molecule has 0 radical (unpaired) electrons. The Morgan fingerprint density at radius 1 is 1.24 bits per heavy atom. The summed E-state index contributed by atoms with van der Waals surface area (Å²) < 4.78 is 7.06. The van der Waals surface area contributed by atoms with E-state index in [2.05, 4.69) is 21.5 Å². The van der Waals surface area contributed by atoms with E-state index in [4.69, 9.17) is 10.00 Å². The maximum absolute atomic E-state index is 12.3. The summed E-state index contributed by atoms with van der Waals surface area (Å²) in [6.45, 7) is 7.60. The summed E-state index contributed by atoms with van der Waals surface area (Å²) in [7, 11) is 0. The van der Waals surface area contributed by atoms with Crippen LogP contribution in [0.15, 0.2) is 30.5 Å². The summed E-state index contributed by atoms with van der Waals surface area (Å²) in [5, 5.41) is 16.4. The Bertz CT molecular complexity index is 1050.